The Morgan fingerprint density at radius 1 is 1.05 bits per heavy atom. The second-order valence-electron chi connectivity index (χ2n) is 10.6. The van der Waals surface area contributed by atoms with Gasteiger partial charge in [-0.2, -0.15) is 4.90 Å². The molecule has 2 aromatic rings. The number of primary amides is 1. The summed E-state index contributed by atoms with van der Waals surface area (Å²) < 4.78 is 5.85. The van der Waals surface area contributed by atoms with E-state index in [1.807, 2.05) is 30.3 Å². The maximum atomic E-state index is 13.4. The molecule has 202 valence electrons. The summed E-state index contributed by atoms with van der Waals surface area (Å²) in [6.07, 6.45) is 3.34. The number of allylic oxidation sites excluding steroid dienone is 6. The topological polar surface area (TPSA) is 144 Å². The minimum absolute atomic E-state index is 0.0687. The number of ketones is 2. The Hall–Kier alpha value is -4.79. The lowest BCUT2D eigenvalue weighted by Gasteiger charge is -2.42. The minimum Gasteiger partial charge on any atom is -0.507 e. The number of phenols is 1. The number of carbonyl (C=O) groups excluding carboxylic acids is 5. The van der Waals surface area contributed by atoms with Gasteiger partial charge in [0, 0.05) is 34.3 Å². The van der Waals surface area contributed by atoms with Crippen LogP contribution in [0.2, 0.25) is 0 Å². The van der Waals surface area contributed by atoms with Crippen LogP contribution in [0.1, 0.15) is 36.8 Å². The summed E-state index contributed by atoms with van der Waals surface area (Å²) in [5, 5.41) is 11.2. The van der Waals surface area contributed by atoms with Gasteiger partial charge in [0.05, 0.1) is 11.8 Å². The highest BCUT2D eigenvalue weighted by atomic mass is 16.5. The van der Waals surface area contributed by atoms with E-state index in [1.165, 1.54) is 12.1 Å². The lowest BCUT2D eigenvalue weighted by Crippen LogP contribution is -2.42. The summed E-state index contributed by atoms with van der Waals surface area (Å²) in [6, 6.07) is 13.2. The van der Waals surface area contributed by atoms with Crippen molar-refractivity contribution in [2.45, 2.75) is 32.3 Å². The highest BCUT2D eigenvalue weighted by Crippen LogP contribution is 2.56. The van der Waals surface area contributed by atoms with E-state index < -0.39 is 41.5 Å². The first kappa shape index (κ1) is 25.5. The van der Waals surface area contributed by atoms with Crippen LogP contribution >= 0.6 is 0 Å². The van der Waals surface area contributed by atoms with Crippen molar-refractivity contribution in [3.05, 3.63) is 94.1 Å². The van der Waals surface area contributed by atoms with E-state index in [1.54, 1.807) is 25.1 Å². The van der Waals surface area contributed by atoms with Gasteiger partial charge >= 0.3 is 6.03 Å². The molecule has 0 aromatic heterocycles. The third-order valence-corrected chi connectivity index (χ3v) is 8.34. The maximum Gasteiger partial charge on any atom is 0.328 e. The largest absolute Gasteiger partial charge is 0.507 e. The minimum atomic E-state index is -1.13. The molecule has 9 heteroatoms. The van der Waals surface area contributed by atoms with Crippen LogP contribution in [0.15, 0.2) is 83.0 Å². The summed E-state index contributed by atoms with van der Waals surface area (Å²) in [7, 11) is 0. The first-order chi connectivity index (χ1) is 19.2. The summed E-state index contributed by atoms with van der Waals surface area (Å²) in [5.74, 6) is -4.85. The monoisotopic (exact) mass is 538 g/mol. The fourth-order valence-electron chi connectivity index (χ4n) is 6.55. The number of benzene rings is 2. The van der Waals surface area contributed by atoms with Gasteiger partial charge in [0.15, 0.2) is 11.6 Å². The van der Waals surface area contributed by atoms with Gasteiger partial charge in [0.1, 0.15) is 18.1 Å². The average molecular weight is 539 g/mol. The SMILES string of the molecule is CC1=CC(=O)C2=C(CC3C(=CCC4C(=O)N(C(N)=O)C(=O)C43)C2c2ccc(OCc3ccccc3)cc2O)C1=O. The third-order valence-electron chi connectivity index (χ3n) is 8.34. The van der Waals surface area contributed by atoms with Crippen molar-refractivity contribution in [1.29, 1.82) is 0 Å². The van der Waals surface area contributed by atoms with Crippen molar-refractivity contribution in [3.8, 4) is 11.5 Å². The van der Waals surface area contributed by atoms with Crippen molar-refractivity contribution in [2.24, 2.45) is 23.5 Å². The number of urea groups is 1. The lowest BCUT2D eigenvalue weighted by molar-refractivity contribution is -0.136. The third kappa shape index (κ3) is 3.88. The summed E-state index contributed by atoms with van der Waals surface area (Å²) in [4.78, 5) is 65.3. The molecule has 1 aliphatic heterocycles. The van der Waals surface area contributed by atoms with E-state index in [0.717, 1.165) is 5.56 Å². The fourth-order valence-corrected chi connectivity index (χ4v) is 6.55. The average Bonchev–Trinajstić information content (AvgIpc) is 3.20. The Morgan fingerprint density at radius 2 is 1.80 bits per heavy atom. The Labute approximate surface area is 229 Å². The maximum absolute atomic E-state index is 13.4. The predicted molar refractivity (Wildman–Crippen MR) is 142 cm³/mol. The molecule has 40 heavy (non-hydrogen) atoms. The molecule has 4 unspecified atom stereocenters. The van der Waals surface area contributed by atoms with Crippen LogP contribution in [0, 0.1) is 17.8 Å². The summed E-state index contributed by atoms with van der Waals surface area (Å²) in [6.45, 7) is 1.85. The normalized spacial score (nSPS) is 25.7. The number of aromatic hydroxyl groups is 1. The van der Waals surface area contributed by atoms with Crippen molar-refractivity contribution in [2.75, 3.05) is 0 Å². The first-order valence-electron chi connectivity index (χ1n) is 13.0. The standard InChI is InChI=1S/C31H26N2O7/c1-15-11-24(35)27-22(28(15)36)13-21-18(9-10-20-26(21)30(38)33(29(20)37)31(32)39)25(27)19-8-7-17(12-23(19)34)40-14-16-5-3-2-4-6-16/h2-9,11-12,20-21,25-26,34H,10,13-14H2,1H3,(H2,32,39). The number of phenolic OH excluding ortho intramolecular Hbond substituents is 1. The van der Waals surface area contributed by atoms with Crippen molar-refractivity contribution in [3.63, 3.8) is 0 Å². The number of nitrogens with two attached hydrogens (primary N) is 1. The van der Waals surface area contributed by atoms with E-state index >= 15 is 0 Å². The van der Waals surface area contributed by atoms with Gasteiger partial charge in [-0.15, -0.1) is 0 Å². The number of rotatable bonds is 4. The van der Waals surface area contributed by atoms with Crippen LogP contribution in [0.5, 0.6) is 11.5 Å². The molecular weight excluding hydrogens is 512 g/mol. The summed E-state index contributed by atoms with van der Waals surface area (Å²) >= 11 is 0. The van der Waals surface area contributed by atoms with Crippen LogP contribution in [0.4, 0.5) is 4.79 Å². The molecule has 3 N–H and O–H groups in total. The first-order valence-corrected chi connectivity index (χ1v) is 13.0. The van der Waals surface area contributed by atoms with E-state index in [0.29, 0.717) is 21.8 Å². The Bertz CT molecular complexity index is 1600. The molecule has 6 rings (SSSR count). The van der Waals surface area contributed by atoms with Gasteiger partial charge in [0.25, 0.3) is 0 Å². The molecule has 2 aromatic carbocycles. The lowest BCUT2D eigenvalue weighted by atomic mass is 9.59. The fraction of sp³-hybridized carbons (Fsp3) is 0.258. The Balaban J connectivity index is 1.42. The van der Waals surface area contributed by atoms with E-state index in [2.05, 4.69) is 0 Å². The number of fused-ring (bicyclic) bond motifs is 3. The number of ether oxygens (including phenoxy) is 1. The molecule has 0 bridgehead atoms. The molecule has 1 fully saturated rings. The van der Waals surface area contributed by atoms with Crippen molar-refractivity contribution < 1.29 is 33.8 Å². The number of likely N-dealkylation sites (tertiary alicyclic amines) is 1. The molecule has 9 nitrogen and oxygen atoms in total. The van der Waals surface area contributed by atoms with Crippen LogP contribution in [-0.2, 0) is 25.8 Å². The highest BCUT2D eigenvalue weighted by molar-refractivity contribution is 6.24. The number of hydrogen-bond donors (Lipinski definition) is 2. The highest BCUT2D eigenvalue weighted by Gasteiger charge is 2.57. The molecule has 0 radical (unpaired) electrons. The smallest absolute Gasteiger partial charge is 0.328 e. The molecule has 1 heterocycles. The molecule has 4 aliphatic rings. The van der Waals surface area contributed by atoms with E-state index in [9.17, 15) is 29.1 Å². The van der Waals surface area contributed by atoms with Gasteiger partial charge in [-0.1, -0.05) is 48.0 Å². The van der Waals surface area contributed by atoms with Crippen molar-refractivity contribution in [1.82, 2.24) is 4.90 Å². The second-order valence-corrected chi connectivity index (χ2v) is 10.6. The van der Waals surface area contributed by atoms with Crippen LogP contribution in [0.3, 0.4) is 0 Å². The zero-order valence-corrected chi connectivity index (χ0v) is 21.6. The molecule has 4 atom stereocenters. The van der Waals surface area contributed by atoms with Crippen LogP contribution in [-0.4, -0.2) is 39.4 Å². The molecule has 1 saturated heterocycles. The molecular formula is C31H26N2O7. The molecule has 0 saturated carbocycles. The van der Waals surface area contributed by atoms with Gasteiger partial charge in [-0.3, -0.25) is 19.2 Å². The number of imide groups is 3. The van der Waals surface area contributed by atoms with E-state index in [-0.39, 0.29) is 53.5 Å². The summed E-state index contributed by atoms with van der Waals surface area (Å²) in [5.41, 5.74) is 8.14. The molecule has 3 aliphatic carbocycles. The van der Waals surface area contributed by atoms with Gasteiger partial charge in [0.2, 0.25) is 11.8 Å². The second kappa shape index (κ2) is 9.44. The predicted octanol–water partition coefficient (Wildman–Crippen LogP) is 3.48. The number of hydrogen-bond acceptors (Lipinski definition) is 7. The van der Waals surface area contributed by atoms with Gasteiger partial charge < -0.3 is 15.6 Å². The van der Waals surface area contributed by atoms with Crippen molar-refractivity contribution >= 4 is 29.4 Å². The zero-order valence-electron chi connectivity index (χ0n) is 21.6. The number of carbonyl (C=O) groups is 5. The number of amides is 4. The quantitative estimate of drug-likeness (QED) is 0.345. The molecule has 0 spiro atoms. The number of nitrogens with zero attached hydrogens (tertiary/aromatic N) is 1. The molecule has 4 amide bonds. The zero-order chi connectivity index (χ0) is 28.3. The van der Waals surface area contributed by atoms with Gasteiger partial charge in [-0.05, 0) is 43.4 Å². The number of Topliss-reactive ketones (excluding diaryl/α,β-unsaturated/α-hetero) is 1. The van der Waals surface area contributed by atoms with E-state index in [4.69, 9.17) is 10.5 Å². The Kier molecular flexibility index (Phi) is 6.02. The Morgan fingerprint density at radius 3 is 2.50 bits per heavy atom. The van der Waals surface area contributed by atoms with Crippen LogP contribution < -0.4 is 10.5 Å². The van der Waals surface area contributed by atoms with Crippen LogP contribution in [0.25, 0.3) is 0 Å². The van der Waals surface area contributed by atoms with Gasteiger partial charge in [-0.25, -0.2) is 4.79 Å².